The van der Waals surface area contributed by atoms with Gasteiger partial charge >= 0.3 is 12.0 Å². The van der Waals surface area contributed by atoms with Gasteiger partial charge in [-0.05, 0) is 32.1 Å². The Balaban J connectivity index is 2.75. The van der Waals surface area contributed by atoms with Crippen molar-refractivity contribution in [3.63, 3.8) is 0 Å². The SMILES string of the molecule is CNCCCN(C)C(=O)Nc1cccc(Cl)c1C(=O)O. The number of amides is 2. The third kappa shape index (κ3) is 4.40. The van der Waals surface area contributed by atoms with E-state index in [0.29, 0.717) is 6.54 Å². The fourth-order valence-electron chi connectivity index (χ4n) is 1.65. The van der Waals surface area contributed by atoms with Crippen LogP contribution in [0.3, 0.4) is 0 Å². The topological polar surface area (TPSA) is 81.7 Å². The number of anilines is 1. The minimum Gasteiger partial charge on any atom is -0.478 e. The van der Waals surface area contributed by atoms with Crippen molar-refractivity contribution in [1.82, 2.24) is 10.2 Å². The van der Waals surface area contributed by atoms with Crippen molar-refractivity contribution in [3.05, 3.63) is 28.8 Å². The van der Waals surface area contributed by atoms with Crippen LogP contribution in [0, 0.1) is 0 Å². The molecule has 0 saturated heterocycles. The first-order valence-corrected chi connectivity index (χ1v) is 6.53. The zero-order chi connectivity index (χ0) is 15.1. The summed E-state index contributed by atoms with van der Waals surface area (Å²) in [6.07, 6.45) is 0.807. The van der Waals surface area contributed by atoms with E-state index < -0.39 is 5.97 Å². The number of rotatable bonds is 6. The number of hydrogen-bond donors (Lipinski definition) is 3. The molecule has 0 unspecified atom stereocenters. The molecule has 0 atom stereocenters. The lowest BCUT2D eigenvalue weighted by molar-refractivity contribution is 0.0698. The average molecular weight is 300 g/mol. The van der Waals surface area contributed by atoms with Crippen LogP contribution in [0.1, 0.15) is 16.8 Å². The Morgan fingerprint density at radius 3 is 2.70 bits per heavy atom. The summed E-state index contributed by atoms with van der Waals surface area (Å²) < 4.78 is 0. The molecule has 0 spiro atoms. The third-order valence-corrected chi connectivity index (χ3v) is 3.05. The number of carbonyl (C=O) groups excluding carboxylic acids is 1. The molecule has 3 N–H and O–H groups in total. The van der Waals surface area contributed by atoms with Gasteiger partial charge in [-0.25, -0.2) is 9.59 Å². The molecule has 0 aliphatic heterocycles. The zero-order valence-electron chi connectivity index (χ0n) is 11.4. The lowest BCUT2D eigenvalue weighted by Crippen LogP contribution is -2.33. The van der Waals surface area contributed by atoms with E-state index in [-0.39, 0.29) is 22.3 Å². The van der Waals surface area contributed by atoms with Crippen LogP contribution >= 0.6 is 11.6 Å². The van der Waals surface area contributed by atoms with Crippen LogP contribution in [0.25, 0.3) is 0 Å². The lowest BCUT2D eigenvalue weighted by Gasteiger charge is -2.18. The first kappa shape index (κ1) is 16.3. The highest BCUT2D eigenvalue weighted by Crippen LogP contribution is 2.24. The molecule has 1 rings (SSSR count). The normalized spacial score (nSPS) is 10.2. The maximum Gasteiger partial charge on any atom is 0.339 e. The molecule has 20 heavy (non-hydrogen) atoms. The van der Waals surface area contributed by atoms with E-state index in [2.05, 4.69) is 10.6 Å². The number of benzene rings is 1. The Labute approximate surface area is 122 Å². The van der Waals surface area contributed by atoms with Crippen LogP contribution in [-0.4, -0.2) is 49.2 Å². The first-order valence-electron chi connectivity index (χ1n) is 6.16. The second kappa shape index (κ2) is 7.72. The van der Waals surface area contributed by atoms with E-state index in [4.69, 9.17) is 16.7 Å². The number of nitrogens with zero attached hydrogens (tertiary/aromatic N) is 1. The minimum atomic E-state index is -1.18. The van der Waals surface area contributed by atoms with Crippen LogP contribution in [0.2, 0.25) is 5.02 Å². The highest BCUT2D eigenvalue weighted by Gasteiger charge is 2.17. The highest BCUT2D eigenvalue weighted by molar-refractivity contribution is 6.34. The summed E-state index contributed by atoms with van der Waals surface area (Å²) in [5.74, 6) is -1.18. The number of urea groups is 1. The molecule has 0 aliphatic rings. The molecule has 1 aromatic carbocycles. The van der Waals surface area contributed by atoms with Crippen molar-refractivity contribution in [3.8, 4) is 0 Å². The Bertz CT molecular complexity index is 494. The maximum atomic E-state index is 12.0. The van der Waals surface area contributed by atoms with Crippen LogP contribution < -0.4 is 10.6 Å². The lowest BCUT2D eigenvalue weighted by atomic mass is 10.2. The van der Waals surface area contributed by atoms with E-state index in [0.717, 1.165) is 13.0 Å². The van der Waals surface area contributed by atoms with Gasteiger partial charge in [0.1, 0.15) is 5.56 Å². The number of carboxylic acids is 1. The van der Waals surface area contributed by atoms with Gasteiger partial charge in [0.2, 0.25) is 0 Å². The summed E-state index contributed by atoms with van der Waals surface area (Å²) in [7, 11) is 3.49. The van der Waals surface area contributed by atoms with Gasteiger partial charge in [0, 0.05) is 13.6 Å². The molecule has 0 aromatic heterocycles. The van der Waals surface area contributed by atoms with Crippen molar-refractivity contribution in [2.75, 3.05) is 32.5 Å². The number of nitrogens with one attached hydrogen (secondary N) is 2. The molecule has 7 heteroatoms. The predicted octanol–water partition coefficient (Wildman–Crippen LogP) is 2.11. The van der Waals surface area contributed by atoms with Crippen LogP contribution in [0.5, 0.6) is 0 Å². The van der Waals surface area contributed by atoms with Gasteiger partial charge in [-0.1, -0.05) is 17.7 Å². The van der Waals surface area contributed by atoms with Gasteiger partial charge in [-0.3, -0.25) is 0 Å². The average Bonchev–Trinajstić information content (AvgIpc) is 2.38. The summed E-state index contributed by atoms with van der Waals surface area (Å²) >= 11 is 5.84. The summed E-state index contributed by atoms with van der Waals surface area (Å²) in [5.41, 5.74) is 0.0848. The highest BCUT2D eigenvalue weighted by atomic mass is 35.5. The van der Waals surface area contributed by atoms with E-state index >= 15 is 0 Å². The summed E-state index contributed by atoms with van der Waals surface area (Å²) in [4.78, 5) is 24.6. The molecule has 2 amide bonds. The van der Waals surface area contributed by atoms with Crippen molar-refractivity contribution >= 4 is 29.3 Å². The molecule has 110 valence electrons. The number of hydrogen-bond acceptors (Lipinski definition) is 3. The van der Waals surface area contributed by atoms with Gasteiger partial charge in [-0.2, -0.15) is 0 Å². The fourth-order valence-corrected chi connectivity index (χ4v) is 1.91. The number of aromatic carboxylic acids is 1. The second-order valence-corrected chi connectivity index (χ2v) is 4.68. The second-order valence-electron chi connectivity index (χ2n) is 4.28. The van der Waals surface area contributed by atoms with Crippen molar-refractivity contribution in [2.24, 2.45) is 0 Å². The predicted molar refractivity (Wildman–Crippen MR) is 78.6 cm³/mol. The van der Waals surface area contributed by atoms with E-state index in [1.165, 1.54) is 17.0 Å². The number of halogens is 1. The first-order chi connectivity index (χ1) is 9.47. The summed E-state index contributed by atoms with van der Waals surface area (Å²) in [6.45, 7) is 1.37. The van der Waals surface area contributed by atoms with Gasteiger partial charge in [0.15, 0.2) is 0 Å². The number of carbonyl (C=O) groups is 2. The molecule has 1 aromatic rings. The molecule has 0 saturated carbocycles. The van der Waals surface area contributed by atoms with Crippen LogP contribution in [0.4, 0.5) is 10.5 Å². The van der Waals surface area contributed by atoms with Crippen molar-refractivity contribution in [2.45, 2.75) is 6.42 Å². The largest absolute Gasteiger partial charge is 0.478 e. The molecule has 0 heterocycles. The van der Waals surface area contributed by atoms with Crippen LogP contribution in [-0.2, 0) is 0 Å². The Hall–Kier alpha value is -1.79. The van der Waals surface area contributed by atoms with Gasteiger partial charge in [0.25, 0.3) is 0 Å². The third-order valence-electron chi connectivity index (χ3n) is 2.74. The van der Waals surface area contributed by atoms with Crippen molar-refractivity contribution in [1.29, 1.82) is 0 Å². The van der Waals surface area contributed by atoms with E-state index in [1.54, 1.807) is 13.1 Å². The van der Waals surface area contributed by atoms with Gasteiger partial charge < -0.3 is 20.6 Å². The molecular formula is C13H18ClN3O3. The van der Waals surface area contributed by atoms with E-state index in [1.807, 2.05) is 7.05 Å². The Morgan fingerprint density at radius 2 is 2.10 bits per heavy atom. The van der Waals surface area contributed by atoms with Crippen LogP contribution in [0.15, 0.2) is 18.2 Å². The number of carboxylic acid groups (broad SMARTS) is 1. The summed E-state index contributed by atoms with van der Waals surface area (Å²) in [5, 5.41) is 14.8. The van der Waals surface area contributed by atoms with Crippen molar-refractivity contribution < 1.29 is 14.7 Å². The molecule has 0 aliphatic carbocycles. The fraction of sp³-hybridized carbons (Fsp3) is 0.385. The summed E-state index contributed by atoms with van der Waals surface area (Å²) in [6, 6.07) is 4.20. The van der Waals surface area contributed by atoms with E-state index in [9.17, 15) is 9.59 Å². The molecular weight excluding hydrogens is 282 g/mol. The Morgan fingerprint density at radius 1 is 1.40 bits per heavy atom. The standard InChI is InChI=1S/C13H18ClN3O3/c1-15-7-4-8-17(2)13(20)16-10-6-3-5-9(14)11(10)12(18)19/h3,5-6,15H,4,7-8H2,1-2H3,(H,16,20)(H,18,19). The Kier molecular flexibility index (Phi) is 6.27. The monoisotopic (exact) mass is 299 g/mol. The quantitative estimate of drug-likeness (QED) is 0.703. The zero-order valence-corrected chi connectivity index (χ0v) is 12.2. The molecule has 0 fully saturated rings. The van der Waals surface area contributed by atoms with Gasteiger partial charge in [0.05, 0.1) is 10.7 Å². The molecule has 0 bridgehead atoms. The van der Waals surface area contributed by atoms with Gasteiger partial charge in [-0.15, -0.1) is 0 Å². The molecule has 0 radical (unpaired) electrons. The molecule has 6 nitrogen and oxygen atoms in total. The minimum absolute atomic E-state index is 0.0909. The maximum absolute atomic E-state index is 12.0. The smallest absolute Gasteiger partial charge is 0.339 e.